The second-order valence-corrected chi connectivity index (χ2v) is 9.57. The number of nitrogens with zero attached hydrogens (tertiary/aromatic N) is 5. The molecule has 1 saturated heterocycles. The third kappa shape index (κ3) is 4.03. The number of aryl methyl sites for hydroxylation is 1. The quantitative estimate of drug-likeness (QED) is 0.476. The van der Waals surface area contributed by atoms with Crippen LogP contribution >= 0.6 is 0 Å². The minimum atomic E-state index is -0.0882. The Morgan fingerprint density at radius 3 is 2.65 bits per heavy atom. The van der Waals surface area contributed by atoms with Crippen molar-refractivity contribution in [3.8, 4) is 11.5 Å². The fraction of sp³-hybridized carbons (Fsp3) is 0.385. The molecule has 4 aromatic rings. The normalized spacial score (nSPS) is 17.6. The summed E-state index contributed by atoms with van der Waals surface area (Å²) in [5, 5.41) is 12.8. The van der Waals surface area contributed by atoms with E-state index in [1.807, 2.05) is 55.5 Å². The average molecular weight is 458 g/mol. The van der Waals surface area contributed by atoms with E-state index < -0.39 is 0 Å². The molecule has 0 bridgehead atoms. The van der Waals surface area contributed by atoms with Gasteiger partial charge in [-0.3, -0.25) is 14.1 Å². The van der Waals surface area contributed by atoms with Crippen LogP contribution in [0.4, 0.5) is 0 Å². The molecule has 0 radical (unpaired) electrons. The van der Waals surface area contributed by atoms with Crippen molar-refractivity contribution in [2.45, 2.75) is 52.2 Å². The molecular weight excluding hydrogens is 426 g/mol. The summed E-state index contributed by atoms with van der Waals surface area (Å²) in [6.07, 6.45) is 3.13. The van der Waals surface area contributed by atoms with Crippen molar-refractivity contribution in [3.63, 3.8) is 0 Å². The highest BCUT2D eigenvalue weighted by Crippen LogP contribution is 2.28. The molecule has 0 unspecified atom stereocenters. The minimum Gasteiger partial charge on any atom is -0.350 e. The Labute approximate surface area is 199 Å². The van der Waals surface area contributed by atoms with Gasteiger partial charge >= 0.3 is 0 Å². The lowest BCUT2D eigenvalue weighted by Gasteiger charge is -2.24. The Hall–Kier alpha value is -3.36. The third-order valence-electron chi connectivity index (χ3n) is 6.72. The van der Waals surface area contributed by atoms with Crippen LogP contribution in [0.25, 0.3) is 28.1 Å². The summed E-state index contributed by atoms with van der Waals surface area (Å²) in [4.78, 5) is 20.0. The molecule has 1 aliphatic heterocycles. The molecule has 1 aliphatic rings. The number of carbonyl (C=O) groups excluding carboxylic acids is 1. The van der Waals surface area contributed by atoms with Crippen LogP contribution in [0.5, 0.6) is 0 Å². The zero-order valence-electron chi connectivity index (χ0n) is 20.1. The topological polar surface area (TPSA) is 101 Å². The number of nitrogens with one attached hydrogen (secondary N) is 1. The van der Waals surface area contributed by atoms with Gasteiger partial charge in [-0.1, -0.05) is 18.2 Å². The van der Waals surface area contributed by atoms with Crippen molar-refractivity contribution >= 4 is 22.5 Å². The van der Waals surface area contributed by atoms with E-state index in [1.54, 1.807) is 0 Å². The van der Waals surface area contributed by atoms with Gasteiger partial charge < -0.3 is 11.1 Å². The lowest BCUT2D eigenvalue weighted by atomic mass is 10.0. The van der Waals surface area contributed by atoms with E-state index in [1.165, 1.54) is 5.56 Å². The summed E-state index contributed by atoms with van der Waals surface area (Å²) in [7, 11) is 0. The number of amides is 1. The number of benzene rings is 1. The number of likely N-dealkylation sites (tertiary alicyclic amines) is 1. The van der Waals surface area contributed by atoms with Gasteiger partial charge in [0.1, 0.15) is 5.69 Å². The van der Waals surface area contributed by atoms with E-state index in [0.717, 1.165) is 47.3 Å². The molecule has 8 nitrogen and oxygen atoms in total. The molecule has 0 aliphatic carbocycles. The Balaban J connectivity index is 1.55. The molecule has 3 aromatic heterocycles. The predicted octanol–water partition coefficient (Wildman–Crippen LogP) is 3.49. The first-order valence-electron chi connectivity index (χ1n) is 11.9. The zero-order chi connectivity index (χ0) is 24.0. The molecule has 0 spiro atoms. The van der Waals surface area contributed by atoms with Crippen molar-refractivity contribution in [2.24, 2.45) is 5.73 Å². The fourth-order valence-corrected chi connectivity index (χ4v) is 4.75. The van der Waals surface area contributed by atoms with Crippen LogP contribution < -0.4 is 11.1 Å². The highest BCUT2D eigenvalue weighted by atomic mass is 16.1. The van der Waals surface area contributed by atoms with Crippen LogP contribution in [0.15, 0.2) is 42.6 Å². The molecule has 1 amide bonds. The SMILES string of the molecule is Cc1c(C(=O)NC(C)C)ccc2ccc(-c3nnc4ccc([C@H](C)N5CC[C@H](N)C5)cn34)nc12. The van der Waals surface area contributed by atoms with Gasteiger partial charge in [0.15, 0.2) is 11.5 Å². The second kappa shape index (κ2) is 8.77. The van der Waals surface area contributed by atoms with Gasteiger partial charge in [-0.2, -0.15) is 0 Å². The summed E-state index contributed by atoms with van der Waals surface area (Å²) in [6.45, 7) is 9.98. The summed E-state index contributed by atoms with van der Waals surface area (Å²) in [6, 6.07) is 12.5. The molecule has 34 heavy (non-hydrogen) atoms. The van der Waals surface area contributed by atoms with E-state index in [9.17, 15) is 4.79 Å². The molecule has 4 heterocycles. The number of fused-ring (bicyclic) bond motifs is 2. The van der Waals surface area contributed by atoms with Gasteiger partial charge in [-0.05, 0) is 63.4 Å². The van der Waals surface area contributed by atoms with Crippen molar-refractivity contribution < 1.29 is 4.79 Å². The molecule has 3 N–H and O–H groups in total. The standard InChI is InChI=1S/C26H31N7O/c1-15(2)28-26(34)21-8-5-18-6-9-22(29-24(18)16(21)3)25-31-30-23-10-7-19(13-33(23)25)17(4)32-12-11-20(27)14-32/h5-10,13,15,17,20H,11-12,14,27H2,1-4H3,(H,28,34)/t17-,20-/m0/s1. The molecule has 176 valence electrons. The second-order valence-electron chi connectivity index (χ2n) is 9.57. The molecule has 1 aromatic carbocycles. The van der Waals surface area contributed by atoms with Crippen molar-refractivity contribution in [3.05, 3.63) is 59.3 Å². The molecular formula is C26H31N7O. The van der Waals surface area contributed by atoms with Crippen LogP contribution in [0.3, 0.4) is 0 Å². The van der Waals surface area contributed by atoms with E-state index in [4.69, 9.17) is 10.7 Å². The third-order valence-corrected chi connectivity index (χ3v) is 6.72. The lowest BCUT2D eigenvalue weighted by molar-refractivity contribution is 0.0942. The summed E-state index contributed by atoms with van der Waals surface area (Å²) in [5.74, 6) is 0.593. The Kier molecular flexibility index (Phi) is 5.79. The highest BCUT2D eigenvalue weighted by Gasteiger charge is 2.25. The molecule has 5 rings (SSSR count). The fourth-order valence-electron chi connectivity index (χ4n) is 4.75. The van der Waals surface area contributed by atoms with Crippen molar-refractivity contribution in [1.82, 2.24) is 29.8 Å². The van der Waals surface area contributed by atoms with Gasteiger partial charge in [0.05, 0.1) is 5.52 Å². The lowest BCUT2D eigenvalue weighted by Crippen LogP contribution is -2.30. The summed E-state index contributed by atoms with van der Waals surface area (Å²) in [5.41, 5.74) is 11.1. The Morgan fingerprint density at radius 2 is 1.91 bits per heavy atom. The maximum atomic E-state index is 12.7. The summed E-state index contributed by atoms with van der Waals surface area (Å²) >= 11 is 0. The molecule has 0 saturated carbocycles. The molecule has 8 heteroatoms. The number of rotatable bonds is 5. The van der Waals surface area contributed by atoms with Gasteiger partial charge in [-0.25, -0.2) is 4.98 Å². The van der Waals surface area contributed by atoms with Gasteiger partial charge in [-0.15, -0.1) is 10.2 Å². The largest absolute Gasteiger partial charge is 0.350 e. The number of hydrogen-bond acceptors (Lipinski definition) is 6. The van der Waals surface area contributed by atoms with Crippen LogP contribution in [0.2, 0.25) is 0 Å². The number of carbonyl (C=O) groups is 1. The van der Waals surface area contributed by atoms with Crippen LogP contribution in [0, 0.1) is 6.92 Å². The van der Waals surface area contributed by atoms with Gasteiger partial charge in [0.25, 0.3) is 5.91 Å². The van der Waals surface area contributed by atoms with Crippen molar-refractivity contribution in [2.75, 3.05) is 13.1 Å². The van der Waals surface area contributed by atoms with Gasteiger partial charge in [0.2, 0.25) is 0 Å². The Bertz CT molecular complexity index is 1380. The first-order chi connectivity index (χ1) is 16.3. The zero-order valence-corrected chi connectivity index (χ0v) is 20.1. The Morgan fingerprint density at radius 1 is 1.12 bits per heavy atom. The van der Waals surface area contributed by atoms with E-state index >= 15 is 0 Å². The molecule has 2 atom stereocenters. The first-order valence-corrected chi connectivity index (χ1v) is 11.9. The van der Waals surface area contributed by atoms with Crippen molar-refractivity contribution in [1.29, 1.82) is 0 Å². The van der Waals surface area contributed by atoms with Crippen LogP contribution in [-0.4, -0.2) is 55.6 Å². The number of hydrogen-bond donors (Lipinski definition) is 2. The smallest absolute Gasteiger partial charge is 0.251 e. The monoisotopic (exact) mass is 457 g/mol. The predicted molar refractivity (Wildman–Crippen MR) is 134 cm³/mol. The summed E-state index contributed by atoms with van der Waals surface area (Å²) < 4.78 is 2.00. The van der Waals surface area contributed by atoms with Crippen LogP contribution in [0.1, 0.15) is 54.7 Å². The minimum absolute atomic E-state index is 0.0668. The highest BCUT2D eigenvalue weighted by molar-refractivity contribution is 6.00. The maximum Gasteiger partial charge on any atom is 0.251 e. The van der Waals surface area contributed by atoms with E-state index in [0.29, 0.717) is 11.4 Å². The van der Waals surface area contributed by atoms with Gasteiger partial charge in [0, 0.05) is 48.4 Å². The van der Waals surface area contributed by atoms with E-state index in [2.05, 4.69) is 39.6 Å². The van der Waals surface area contributed by atoms with Crippen LogP contribution in [-0.2, 0) is 0 Å². The number of aromatic nitrogens is 4. The first kappa shape index (κ1) is 22.4. The maximum absolute atomic E-state index is 12.7. The number of nitrogens with two attached hydrogens (primary N) is 1. The molecule has 1 fully saturated rings. The average Bonchev–Trinajstić information content (AvgIpc) is 3.44. The van der Waals surface area contributed by atoms with E-state index in [-0.39, 0.29) is 24.0 Å². The number of pyridine rings is 2.